The van der Waals surface area contributed by atoms with Crippen LogP contribution in [0.3, 0.4) is 0 Å². The van der Waals surface area contributed by atoms with Crippen molar-refractivity contribution in [2.24, 2.45) is 5.73 Å². The predicted octanol–water partition coefficient (Wildman–Crippen LogP) is -0.224. The van der Waals surface area contributed by atoms with Crippen LogP contribution in [-0.2, 0) is 4.79 Å². The van der Waals surface area contributed by atoms with Crippen LogP contribution in [0.25, 0.3) is 0 Å². The fourth-order valence-corrected chi connectivity index (χ4v) is 1.66. The number of hydrogen-bond acceptors (Lipinski definition) is 5. The molecule has 1 atom stereocenters. The first kappa shape index (κ1) is 10.1. The van der Waals surface area contributed by atoms with E-state index in [2.05, 4.69) is 9.97 Å². The van der Waals surface area contributed by atoms with Crippen molar-refractivity contribution in [2.45, 2.75) is 12.5 Å². The van der Waals surface area contributed by atoms with Crippen LogP contribution in [0, 0.1) is 0 Å². The van der Waals surface area contributed by atoms with Crippen LogP contribution >= 0.6 is 11.6 Å². The van der Waals surface area contributed by atoms with Crippen LogP contribution in [0.15, 0.2) is 6.07 Å². The molecule has 1 fully saturated rings. The second-order valence-corrected chi connectivity index (χ2v) is 3.77. The number of hydrogen-bond donors (Lipinski definition) is 2. The molecule has 7 heteroatoms. The van der Waals surface area contributed by atoms with E-state index in [1.165, 1.54) is 11.0 Å². The fraction of sp³-hybridized carbons (Fsp3) is 0.375. The molecule has 0 saturated carbocycles. The van der Waals surface area contributed by atoms with Gasteiger partial charge in [0.1, 0.15) is 11.0 Å². The van der Waals surface area contributed by atoms with Gasteiger partial charge in [-0.3, -0.25) is 9.69 Å². The van der Waals surface area contributed by atoms with Gasteiger partial charge in [0.25, 0.3) is 0 Å². The second kappa shape index (κ2) is 3.63. The molecule has 80 valence electrons. The molecule has 1 amide bonds. The molecule has 1 aromatic heterocycles. The van der Waals surface area contributed by atoms with Crippen LogP contribution in [-0.4, -0.2) is 28.5 Å². The third-order valence-electron chi connectivity index (χ3n) is 2.10. The van der Waals surface area contributed by atoms with Crippen LogP contribution in [0.1, 0.15) is 6.42 Å². The molecular weight excluding hydrogens is 218 g/mol. The minimum Gasteiger partial charge on any atom is -0.383 e. The number of halogens is 1. The topological polar surface area (TPSA) is 98.1 Å². The van der Waals surface area contributed by atoms with Crippen molar-refractivity contribution in [1.29, 1.82) is 0 Å². The Morgan fingerprint density at radius 1 is 1.53 bits per heavy atom. The average Bonchev–Trinajstić information content (AvgIpc) is 2.43. The monoisotopic (exact) mass is 227 g/mol. The first-order valence-electron chi connectivity index (χ1n) is 4.42. The molecule has 0 aliphatic carbocycles. The summed E-state index contributed by atoms with van der Waals surface area (Å²) in [4.78, 5) is 20.7. The van der Waals surface area contributed by atoms with Gasteiger partial charge in [0.2, 0.25) is 11.9 Å². The summed E-state index contributed by atoms with van der Waals surface area (Å²) in [6.07, 6.45) is 0.301. The molecule has 0 aromatic carbocycles. The number of amides is 1. The molecule has 2 rings (SSSR count). The summed E-state index contributed by atoms with van der Waals surface area (Å²) in [7, 11) is 0. The molecule has 1 aliphatic rings. The summed E-state index contributed by atoms with van der Waals surface area (Å²) in [5, 5.41) is 0.214. The highest BCUT2D eigenvalue weighted by atomic mass is 35.5. The van der Waals surface area contributed by atoms with E-state index >= 15 is 0 Å². The molecule has 0 radical (unpaired) electrons. The van der Waals surface area contributed by atoms with Gasteiger partial charge in [-0.1, -0.05) is 11.6 Å². The Balaban J connectivity index is 2.33. The van der Waals surface area contributed by atoms with E-state index in [1.807, 2.05) is 0 Å². The lowest BCUT2D eigenvalue weighted by Crippen LogP contribution is -2.29. The van der Waals surface area contributed by atoms with Crippen molar-refractivity contribution in [3.05, 3.63) is 11.2 Å². The van der Waals surface area contributed by atoms with Crippen molar-refractivity contribution in [3.63, 3.8) is 0 Å². The number of aromatic nitrogens is 2. The van der Waals surface area contributed by atoms with Crippen molar-refractivity contribution < 1.29 is 4.79 Å². The number of rotatable bonds is 1. The minimum atomic E-state index is -0.179. The number of nitrogens with zero attached hydrogens (tertiary/aromatic N) is 3. The van der Waals surface area contributed by atoms with E-state index in [0.717, 1.165) is 0 Å². The zero-order valence-corrected chi connectivity index (χ0v) is 8.61. The van der Waals surface area contributed by atoms with Crippen molar-refractivity contribution in [2.75, 3.05) is 17.2 Å². The quantitative estimate of drug-likeness (QED) is 0.646. The van der Waals surface area contributed by atoms with Gasteiger partial charge in [0, 0.05) is 25.1 Å². The summed E-state index contributed by atoms with van der Waals surface area (Å²) in [5.41, 5.74) is 11.1. The largest absolute Gasteiger partial charge is 0.383 e. The van der Waals surface area contributed by atoms with E-state index in [-0.39, 0.29) is 28.9 Å². The molecule has 15 heavy (non-hydrogen) atoms. The SMILES string of the molecule is Nc1cc(Cl)nc(N2CC(N)CC2=O)n1. The normalized spacial score (nSPS) is 21.1. The van der Waals surface area contributed by atoms with Crippen LogP contribution in [0.4, 0.5) is 11.8 Å². The highest BCUT2D eigenvalue weighted by Crippen LogP contribution is 2.19. The lowest BCUT2D eigenvalue weighted by Gasteiger charge is -2.13. The predicted molar refractivity (Wildman–Crippen MR) is 56.4 cm³/mol. The molecule has 6 nitrogen and oxygen atoms in total. The first-order chi connectivity index (χ1) is 7.06. The Bertz CT molecular complexity index is 390. The maximum absolute atomic E-state index is 11.5. The summed E-state index contributed by atoms with van der Waals surface area (Å²) < 4.78 is 0. The van der Waals surface area contributed by atoms with E-state index in [4.69, 9.17) is 23.1 Å². The summed E-state index contributed by atoms with van der Waals surface area (Å²) in [5.74, 6) is 0.348. The van der Waals surface area contributed by atoms with Crippen LogP contribution in [0.2, 0.25) is 5.15 Å². The van der Waals surface area contributed by atoms with Gasteiger partial charge in [-0.05, 0) is 0 Å². The Morgan fingerprint density at radius 2 is 2.27 bits per heavy atom. The van der Waals surface area contributed by atoms with E-state index in [1.54, 1.807) is 0 Å². The van der Waals surface area contributed by atoms with Gasteiger partial charge in [-0.25, -0.2) is 4.98 Å². The second-order valence-electron chi connectivity index (χ2n) is 3.38. The third-order valence-corrected chi connectivity index (χ3v) is 2.29. The van der Waals surface area contributed by atoms with E-state index in [9.17, 15) is 4.79 Å². The van der Waals surface area contributed by atoms with E-state index < -0.39 is 0 Å². The van der Waals surface area contributed by atoms with Crippen molar-refractivity contribution in [3.8, 4) is 0 Å². The van der Waals surface area contributed by atoms with Gasteiger partial charge in [0.05, 0.1) is 0 Å². The molecule has 1 unspecified atom stereocenters. The lowest BCUT2D eigenvalue weighted by atomic mass is 10.3. The summed E-state index contributed by atoms with van der Waals surface area (Å²) >= 11 is 5.71. The van der Waals surface area contributed by atoms with Crippen LogP contribution in [0.5, 0.6) is 0 Å². The van der Waals surface area contributed by atoms with Crippen molar-refractivity contribution in [1.82, 2.24) is 9.97 Å². The van der Waals surface area contributed by atoms with Gasteiger partial charge in [-0.15, -0.1) is 0 Å². The van der Waals surface area contributed by atoms with Gasteiger partial charge in [0.15, 0.2) is 0 Å². The Labute approximate surface area is 91.2 Å². The molecule has 1 saturated heterocycles. The molecular formula is C8H10ClN5O. The summed E-state index contributed by atoms with van der Waals surface area (Å²) in [6, 6.07) is 1.24. The van der Waals surface area contributed by atoms with Crippen molar-refractivity contribution >= 4 is 29.3 Å². The molecule has 2 heterocycles. The Kier molecular flexibility index (Phi) is 2.45. The Hall–Kier alpha value is -1.40. The Morgan fingerprint density at radius 3 is 2.80 bits per heavy atom. The van der Waals surface area contributed by atoms with Gasteiger partial charge in [-0.2, -0.15) is 4.98 Å². The van der Waals surface area contributed by atoms with Gasteiger partial charge < -0.3 is 11.5 Å². The number of carbonyl (C=O) groups excluding carboxylic acids is 1. The number of nitrogens with two attached hydrogens (primary N) is 2. The van der Waals surface area contributed by atoms with Crippen LogP contribution < -0.4 is 16.4 Å². The maximum Gasteiger partial charge on any atom is 0.235 e. The zero-order valence-electron chi connectivity index (χ0n) is 7.85. The molecule has 0 bridgehead atoms. The lowest BCUT2D eigenvalue weighted by molar-refractivity contribution is -0.117. The summed E-state index contributed by atoms with van der Waals surface area (Å²) in [6.45, 7) is 0.401. The minimum absolute atomic E-state index is 0.107. The van der Waals surface area contributed by atoms with Gasteiger partial charge >= 0.3 is 0 Å². The highest BCUT2D eigenvalue weighted by molar-refractivity contribution is 6.29. The third kappa shape index (κ3) is 2.00. The average molecular weight is 228 g/mol. The number of anilines is 2. The smallest absolute Gasteiger partial charge is 0.235 e. The van der Waals surface area contributed by atoms with E-state index in [0.29, 0.717) is 13.0 Å². The number of nitrogen functional groups attached to an aromatic ring is 1. The zero-order chi connectivity index (χ0) is 11.0. The molecule has 0 spiro atoms. The standard InChI is InChI=1S/C8H10ClN5O/c9-5-2-6(11)13-8(12-5)14-3-4(10)1-7(14)15/h2,4H,1,3,10H2,(H2,11,12,13). The highest BCUT2D eigenvalue weighted by Gasteiger charge is 2.30. The molecule has 4 N–H and O–H groups in total. The fourth-order valence-electron chi connectivity index (χ4n) is 1.47. The molecule has 1 aliphatic heterocycles. The number of carbonyl (C=O) groups is 1. The molecule has 1 aromatic rings. The first-order valence-corrected chi connectivity index (χ1v) is 4.80. The maximum atomic E-state index is 11.5.